The lowest BCUT2D eigenvalue weighted by Crippen LogP contribution is -2.14. The molecule has 1 N–H and O–H groups in total. The second-order valence-corrected chi connectivity index (χ2v) is 3.09. The molecule has 0 aliphatic carbocycles. The van der Waals surface area contributed by atoms with Crippen LogP contribution < -0.4 is 5.32 Å². The van der Waals surface area contributed by atoms with Crippen molar-refractivity contribution in [1.29, 1.82) is 0 Å². The Morgan fingerprint density at radius 3 is 2.69 bits per heavy atom. The molecule has 0 unspecified atom stereocenters. The molecule has 1 rings (SSSR count). The first-order chi connectivity index (χ1) is 6.43. The van der Waals surface area contributed by atoms with E-state index in [1.165, 1.54) is 12.0 Å². The van der Waals surface area contributed by atoms with E-state index in [-0.39, 0.29) is 0 Å². The first-order valence-corrected chi connectivity index (χ1v) is 4.79. The minimum Gasteiger partial charge on any atom is -0.313 e. The molecule has 70 valence electrons. The predicted octanol–water partition coefficient (Wildman–Crippen LogP) is 2.74. The number of rotatable bonds is 6. The fourth-order valence-electron chi connectivity index (χ4n) is 1.20. The molecule has 0 amide bonds. The van der Waals surface area contributed by atoms with Crippen molar-refractivity contribution in [2.45, 2.75) is 19.4 Å². The lowest BCUT2D eigenvalue weighted by molar-refractivity contribution is 0.655. The first kappa shape index (κ1) is 10.0. The van der Waals surface area contributed by atoms with Crippen LogP contribution in [-0.4, -0.2) is 6.54 Å². The summed E-state index contributed by atoms with van der Waals surface area (Å²) >= 11 is 0. The Balaban J connectivity index is 2.10. The topological polar surface area (TPSA) is 12.0 Å². The summed E-state index contributed by atoms with van der Waals surface area (Å²) in [5, 5.41) is 3.39. The van der Waals surface area contributed by atoms with Gasteiger partial charge in [-0.05, 0) is 24.9 Å². The molecule has 0 radical (unpaired) electrons. The third kappa shape index (κ3) is 4.48. The van der Waals surface area contributed by atoms with Gasteiger partial charge >= 0.3 is 0 Å². The molecule has 1 aromatic rings. The van der Waals surface area contributed by atoms with Gasteiger partial charge in [-0.3, -0.25) is 0 Å². The molecule has 1 heteroatoms. The summed E-state index contributed by atoms with van der Waals surface area (Å²) in [5.41, 5.74) is 1.35. The molecule has 0 heterocycles. The zero-order chi connectivity index (χ0) is 9.36. The van der Waals surface area contributed by atoms with E-state index in [0.717, 1.165) is 19.5 Å². The van der Waals surface area contributed by atoms with Crippen LogP contribution in [0.15, 0.2) is 43.0 Å². The van der Waals surface area contributed by atoms with Crippen LogP contribution >= 0.6 is 0 Å². The van der Waals surface area contributed by atoms with Crippen LogP contribution in [0.1, 0.15) is 18.4 Å². The van der Waals surface area contributed by atoms with Gasteiger partial charge in [-0.2, -0.15) is 0 Å². The lowest BCUT2D eigenvalue weighted by Gasteiger charge is -2.02. The van der Waals surface area contributed by atoms with Gasteiger partial charge in [0.15, 0.2) is 0 Å². The number of benzene rings is 1. The highest BCUT2D eigenvalue weighted by Gasteiger charge is 1.89. The van der Waals surface area contributed by atoms with Crippen molar-refractivity contribution < 1.29 is 0 Å². The Hall–Kier alpha value is -1.08. The predicted molar refractivity (Wildman–Crippen MR) is 57.6 cm³/mol. The molecule has 1 nitrogen and oxygen atoms in total. The van der Waals surface area contributed by atoms with Crippen molar-refractivity contribution in [3.05, 3.63) is 48.6 Å². The van der Waals surface area contributed by atoms with Crippen molar-refractivity contribution in [2.24, 2.45) is 0 Å². The fourth-order valence-corrected chi connectivity index (χ4v) is 1.20. The second-order valence-electron chi connectivity index (χ2n) is 3.09. The van der Waals surface area contributed by atoms with Crippen LogP contribution in [0.3, 0.4) is 0 Å². The number of nitrogens with one attached hydrogen (secondary N) is 1. The molecule has 0 spiro atoms. The Morgan fingerprint density at radius 1 is 1.23 bits per heavy atom. The van der Waals surface area contributed by atoms with Crippen LogP contribution in [0.2, 0.25) is 0 Å². The van der Waals surface area contributed by atoms with Gasteiger partial charge < -0.3 is 5.32 Å². The van der Waals surface area contributed by atoms with Crippen LogP contribution in [0.4, 0.5) is 0 Å². The molecular weight excluding hydrogens is 158 g/mol. The maximum Gasteiger partial charge on any atom is 0.0205 e. The van der Waals surface area contributed by atoms with E-state index in [1.54, 1.807) is 0 Å². The van der Waals surface area contributed by atoms with E-state index in [4.69, 9.17) is 0 Å². The van der Waals surface area contributed by atoms with Gasteiger partial charge in [-0.15, -0.1) is 6.58 Å². The Morgan fingerprint density at radius 2 is 2.00 bits per heavy atom. The molecule has 0 aliphatic heterocycles. The van der Waals surface area contributed by atoms with E-state index >= 15 is 0 Å². The van der Waals surface area contributed by atoms with E-state index < -0.39 is 0 Å². The van der Waals surface area contributed by atoms with Gasteiger partial charge in [-0.25, -0.2) is 0 Å². The summed E-state index contributed by atoms with van der Waals surface area (Å²) in [6.07, 6.45) is 4.24. The van der Waals surface area contributed by atoms with Gasteiger partial charge in [0.25, 0.3) is 0 Å². The van der Waals surface area contributed by atoms with Crippen molar-refractivity contribution in [1.82, 2.24) is 5.32 Å². The molecule has 0 aliphatic rings. The molecule has 0 fully saturated rings. The Kier molecular flexibility index (Phi) is 4.95. The highest BCUT2D eigenvalue weighted by molar-refractivity contribution is 5.14. The smallest absolute Gasteiger partial charge is 0.0205 e. The van der Waals surface area contributed by atoms with E-state index in [9.17, 15) is 0 Å². The standard InChI is InChI=1S/C12H17N/c1-2-3-7-10-13-11-12-8-5-4-6-9-12/h2,4-6,8-9,13H,1,3,7,10-11H2. The SMILES string of the molecule is C=CCCCNCc1ccccc1. The molecule has 0 aromatic heterocycles. The summed E-state index contributed by atoms with van der Waals surface area (Å²) in [6.45, 7) is 5.73. The summed E-state index contributed by atoms with van der Waals surface area (Å²) in [7, 11) is 0. The van der Waals surface area contributed by atoms with Crippen molar-refractivity contribution in [3.8, 4) is 0 Å². The van der Waals surface area contributed by atoms with Crippen LogP contribution in [0.25, 0.3) is 0 Å². The number of hydrogen-bond donors (Lipinski definition) is 1. The molecule has 13 heavy (non-hydrogen) atoms. The zero-order valence-corrected chi connectivity index (χ0v) is 8.00. The quantitative estimate of drug-likeness (QED) is 0.518. The zero-order valence-electron chi connectivity index (χ0n) is 8.00. The van der Waals surface area contributed by atoms with E-state index in [0.29, 0.717) is 0 Å². The van der Waals surface area contributed by atoms with Gasteiger partial charge in [0.1, 0.15) is 0 Å². The van der Waals surface area contributed by atoms with Gasteiger partial charge in [0, 0.05) is 6.54 Å². The molecular formula is C12H17N. The minimum atomic E-state index is 0.970. The average Bonchev–Trinajstić information content (AvgIpc) is 2.19. The van der Waals surface area contributed by atoms with Gasteiger partial charge in [0.05, 0.1) is 0 Å². The van der Waals surface area contributed by atoms with Gasteiger partial charge in [0.2, 0.25) is 0 Å². The largest absolute Gasteiger partial charge is 0.313 e. The lowest BCUT2D eigenvalue weighted by atomic mass is 10.2. The number of allylic oxidation sites excluding steroid dienone is 1. The Bertz CT molecular complexity index is 228. The number of unbranched alkanes of at least 4 members (excludes halogenated alkanes) is 1. The first-order valence-electron chi connectivity index (χ1n) is 4.79. The third-order valence-corrected chi connectivity index (χ3v) is 1.93. The molecule has 0 saturated carbocycles. The summed E-state index contributed by atoms with van der Waals surface area (Å²) < 4.78 is 0. The molecule has 0 atom stereocenters. The second kappa shape index (κ2) is 6.44. The monoisotopic (exact) mass is 175 g/mol. The maximum atomic E-state index is 3.69. The summed E-state index contributed by atoms with van der Waals surface area (Å²) in [4.78, 5) is 0. The molecule has 1 aromatic carbocycles. The van der Waals surface area contributed by atoms with Gasteiger partial charge in [-0.1, -0.05) is 36.4 Å². The Labute approximate surface area is 80.5 Å². The maximum absolute atomic E-state index is 3.69. The molecule has 0 saturated heterocycles. The normalized spacial score (nSPS) is 9.85. The van der Waals surface area contributed by atoms with E-state index in [2.05, 4.69) is 36.2 Å². The summed E-state index contributed by atoms with van der Waals surface area (Å²) in [6, 6.07) is 10.5. The van der Waals surface area contributed by atoms with Crippen LogP contribution in [0.5, 0.6) is 0 Å². The fraction of sp³-hybridized carbons (Fsp3) is 0.333. The summed E-state index contributed by atoms with van der Waals surface area (Å²) in [5.74, 6) is 0. The highest BCUT2D eigenvalue weighted by atomic mass is 14.8. The van der Waals surface area contributed by atoms with Crippen molar-refractivity contribution in [2.75, 3.05) is 6.54 Å². The van der Waals surface area contributed by atoms with Crippen molar-refractivity contribution >= 4 is 0 Å². The highest BCUT2D eigenvalue weighted by Crippen LogP contribution is 1.97. The van der Waals surface area contributed by atoms with Crippen molar-refractivity contribution in [3.63, 3.8) is 0 Å². The third-order valence-electron chi connectivity index (χ3n) is 1.93. The average molecular weight is 175 g/mol. The minimum absolute atomic E-state index is 0.970. The number of hydrogen-bond acceptors (Lipinski definition) is 1. The molecule has 0 bridgehead atoms. The van der Waals surface area contributed by atoms with E-state index in [1.807, 2.05) is 12.1 Å². The van der Waals surface area contributed by atoms with Crippen LogP contribution in [-0.2, 0) is 6.54 Å². The van der Waals surface area contributed by atoms with Crippen LogP contribution in [0, 0.1) is 0 Å².